The Morgan fingerprint density at radius 2 is 1.03 bits per heavy atom. The van der Waals surface area contributed by atoms with E-state index in [0.717, 1.165) is 44.2 Å². The lowest BCUT2D eigenvalue weighted by atomic mass is 10.1. The van der Waals surface area contributed by atoms with Gasteiger partial charge in [-0.3, -0.25) is 0 Å². The Balaban J connectivity index is 1.71. The first-order valence-corrected chi connectivity index (χ1v) is 11.9. The number of fused-ring (bicyclic) bond motifs is 9. The third-order valence-corrected chi connectivity index (χ3v) is 7.10. The van der Waals surface area contributed by atoms with Crippen LogP contribution in [0.4, 0.5) is 0 Å². The van der Waals surface area contributed by atoms with Crippen LogP contribution >= 0.6 is 0 Å². The molecule has 0 aliphatic rings. The van der Waals surface area contributed by atoms with Crippen molar-refractivity contribution in [1.29, 1.82) is 0 Å². The fourth-order valence-electron chi connectivity index (χ4n) is 5.68. The van der Waals surface area contributed by atoms with Crippen molar-refractivity contribution in [3.8, 4) is 11.4 Å². The third kappa shape index (κ3) is 2.44. The highest BCUT2D eigenvalue weighted by molar-refractivity contribution is 6.28. The number of rotatable bonds is 2. The van der Waals surface area contributed by atoms with Gasteiger partial charge < -0.3 is 13.6 Å². The molecular weight excluding hydrogens is 428 g/mol. The van der Waals surface area contributed by atoms with E-state index in [9.17, 15) is 0 Å². The molecule has 3 aromatic heterocycles. The highest BCUT2D eigenvalue weighted by atomic mass is 16.3. The first kappa shape index (κ1) is 18.6. The average Bonchev–Trinajstić information content (AvgIpc) is 3.57. The summed E-state index contributed by atoms with van der Waals surface area (Å²) in [6.45, 7) is 0. The molecule has 8 aromatic rings. The summed E-state index contributed by atoms with van der Waals surface area (Å²) in [5.41, 5.74) is 8.81. The molecule has 0 atom stereocenters. The standard InChI is InChI=1S/C32H20N2O/c1-3-11-21(12-4-1)33-26-17-9-7-16-25(26)30-31(33)29-27(34(30)22-13-5-2-6-14-22)20-19-24-23-15-8-10-18-28(23)35-32(24)29/h1-20H. The Morgan fingerprint density at radius 1 is 0.429 bits per heavy atom. The van der Waals surface area contributed by atoms with Gasteiger partial charge in [0.2, 0.25) is 0 Å². The van der Waals surface area contributed by atoms with Crippen molar-refractivity contribution >= 4 is 54.8 Å². The number of hydrogen-bond donors (Lipinski definition) is 0. The first-order chi connectivity index (χ1) is 17.4. The molecule has 3 heterocycles. The van der Waals surface area contributed by atoms with Crippen LogP contribution < -0.4 is 0 Å². The monoisotopic (exact) mass is 448 g/mol. The molecule has 0 saturated heterocycles. The van der Waals surface area contributed by atoms with Crippen LogP contribution in [0, 0.1) is 0 Å². The zero-order valence-electron chi connectivity index (χ0n) is 18.8. The highest BCUT2D eigenvalue weighted by Gasteiger charge is 2.25. The summed E-state index contributed by atoms with van der Waals surface area (Å²) >= 11 is 0. The van der Waals surface area contributed by atoms with E-state index in [1.165, 1.54) is 21.9 Å². The molecule has 3 heteroatoms. The molecule has 0 radical (unpaired) electrons. The summed E-state index contributed by atoms with van der Waals surface area (Å²) in [6, 6.07) is 42.7. The fourth-order valence-corrected chi connectivity index (χ4v) is 5.68. The molecule has 3 nitrogen and oxygen atoms in total. The van der Waals surface area contributed by atoms with E-state index in [2.05, 4.69) is 124 Å². The van der Waals surface area contributed by atoms with Gasteiger partial charge in [-0.25, -0.2) is 0 Å². The lowest BCUT2D eigenvalue weighted by Crippen LogP contribution is -1.93. The summed E-state index contributed by atoms with van der Waals surface area (Å²) in [6.07, 6.45) is 0. The zero-order chi connectivity index (χ0) is 22.9. The molecule has 164 valence electrons. The van der Waals surface area contributed by atoms with Gasteiger partial charge in [-0.2, -0.15) is 0 Å². The topological polar surface area (TPSA) is 23.0 Å². The van der Waals surface area contributed by atoms with Crippen molar-refractivity contribution in [3.05, 3.63) is 121 Å². The van der Waals surface area contributed by atoms with E-state index in [0.29, 0.717) is 0 Å². The molecule has 0 saturated carbocycles. The van der Waals surface area contributed by atoms with Gasteiger partial charge in [-0.1, -0.05) is 72.8 Å². The van der Waals surface area contributed by atoms with Crippen LogP contribution in [0.5, 0.6) is 0 Å². The van der Waals surface area contributed by atoms with Crippen LogP contribution in [0.2, 0.25) is 0 Å². The van der Waals surface area contributed by atoms with Gasteiger partial charge in [0.25, 0.3) is 0 Å². The molecule has 0 amide bonds. The normalized spacial score (nSPS) is 12.0. The van der Waals surface area contributed by atoms with Crippen molar-refractivity contribution in [3.63, 3.8) is 0 Å². The number of hydrogen-bond acceptors (Lipinski definition) is 1. The van der Waals surface area contributed by atoms with Crippen LogP contribution in [0.1, 0.15) is 0 Å². The maximum absolute atomic E-state index is 6.58. The summed E-state index contributed by atoms with van der Waals surface area (Å²) in [5.74, 6) is 0. The second-order valence-electron chi connectivity index (χ2n) is 8.99. The second kappa shape index (κ2) is 6.87. The van der Waals surface area contributed by atoms with E-state index >= 15 is 0 Å². The van der Waals surface area contributed by atoms with E-state index in [-0.39, 0.29) is 0 Å². The van der Waals surface area contributed by atoms with Crippen LogP contribution in [-0.4, -0.2) is 9.13 Å². The van der Waals surface area contributed by atoms with Crippen molar-refractivity contribution < 1.29 is 4.42 Å². The van der Waals surface area contributed by atoms with Crippen LogP contribution in [-0.2, 0) is 0 Å². The van der Waals surface area contributed by atoms with E-state index in [4.69, 9.17) is 4.42 Å². The molecule has 5 aromatic carbocycles. The van der Waals surface area contributed by atoms with Crippen LogP contribution in [0.15, 0.2) is 126 Å². The highest BCUT2D eigenvalue weighted by Crippen LogP contribution is 2.44. The summed E-state index contributed by atoms with van der Waals surface area (Å²) in [4.78, 5) is 0. The largest absolute Gasteiger partial charge is 0.455 e. The van der Waals surface area contributed by atoms with Gasteiger partial charge in [0.05, 0.1) is 27.5 Å². The summed E-state index contributed by atoms with van der Waals surface area (Å²) in [5, 5.41) is 4.64. The lowest BCUT2D eigenvalue weighted by Gasteiger charge is -2.09. The molecule has 0 fully saturated rings. The maximum Gasteiger partial charge on any atom is 0.146 e. The van der Waals surface area contributed by atoms with E-state index in [1.807, 2.05) is 6.07 Å². The van der Waals surface area contributed by atoms with Crippen molar-refractivity contribution in [2.75, 3.05) is 0 Å². The number of aromatic nitrogens is 2. The minimum absolute atomic E-state index is 0.915. The Labute approximate surface area is 201 Å². The number of furan rings is 1. The fraction of sp³-hybridized carbons (Fsp3) is 0. The minimum atomic E-state index is 0.915. The molecule has 0 N–H and O–H groups in total. The van der Waals surface area contributed by atoms with E-state index in [1.54, 1.807) is 0 Å². The SMILES string of the molecule is c1ccc(-n2c3ccc4c5ccccc5oc4c3c3c2c2ccccc2n3-c2ccccc2)cc1. The van der Waals surface area contributed by atoms with E-state index < -0.39 is 0 Å². The Bertz CT molecular complexity index is 2000. The lowest BCUT2D eigenvalue weighted by molar-refractivity contribution is 0.673. The maximum atomic E-state index is 6.58. The molecule has 0 aliphatic heterocycles. The minimum Gasteiger partial charge on any atom is -0.455 e. The Hall–Kier alpha value is -4.76. The summed E-state index contributed by atoms with van der Waals surface area (Å²) in [7, 11) is 0. The predicted octanol–water partition coefficient (Wildman–Crippen LogP) is 8.63. The van der Waals surface area contributed by atoms with Crippen LogP contribution in [0.25, 0.3) is 66.2 Å². The van der Waals surface area contributed by atoms with Gasteiger partial charge in [0.15, 0.2) is 0 Å². The Kier molecular flexibility index (Phi) is 3.66. The van der Waals surface area contributed by atoms with Crippen LogP contribution in [0.3, 0.4) is 0 Å². The number of benzene rings is 5. The summed E-state index contributed by atoms with van der Waals surface area (Å²) < 4.78 is 11.4. The second-order valence-corrected chi connectivity index (χ2v) is 8.99. The molecule has 0 unspecified atom stereocenters. The van der Waals surface area contributed by atoms with Crippen molar-refractivity contribution in [2.45, 2.75) is 0 Å². The van der Waals surface area contributed by atoms with Gasteiger partial charge >= 0.3 is 0 Å². The molecule has 8 rings (SSSR count). The average molecular weight is 449 g/mol. The van der Waals surface area contributed by atoms with Gasteiger partial charge in [0.1, 0.15) is 11.2 Å². The van der Waals surface area contributed by atoms with Gasteiger partial charge in [0, 0.05) is 27.5 Å². The molecular formula is C32H20N2O. The Morgan fingerprint density at radius 3 is 1.77 bits per heavy atom. The number of para-hydroxylation sites is 4. The molecule has 0 bridgehead atoms. The third-order valence-electron chi connectivity index (χ3n) is 7.10. The van der Waals surface area contributed by atoms with Crippen molar-refractivity contribution in [2.24, 2.45) is 0 Å². The quantitative estimate of drug-likeness (QED) is 0.259. The zero-order valence-corrected chi connectivity index (χ0v) is 18.8. The van der Waals surface area contributed by atoms with Gasteiger partial charge in [-0.05, 0) is 48.5 Å². The van der Waals surface area contributed by atoms with Crippen molar-refractivity contribution in [1.82, 2.24) is 9.13 Å². The molecule has 35 heavy (non-hydrogen) atoms. The molecule has 0 aliphatic carbocycles. The predicted molar refractivity (Wildman–Crippen MR) is 145 cm³/mol. The smallest absolute Gasteiger partial charge is 0.146 e. The van der Waals surface area contributed by atoms with Gasteiger partial charge in [-0.15, -0.1) is 0 Å². The molecule has 0 spiro atoms. The number of nitrogens with zero attached hydrogens (tertiary/aromatic N) is 2. The first-order valence-electron chi connectivity index (χ1n) is 11.9.